The Morgan fingerprint density at radius 2 is 1.23 bits per heavy atom. The van der Waals surface area contributed by atoms with Crippen LogP contribution in [0.5, 0.6) is 0 Å². The number of aromatic nitrogens is 2. The van der Waals surface area contributed by atoms with Gasteiger partial charge in [-0.1, -0.05) is 0 Å². The molecule has 2 heterocycles. The van der Waals surface area contributed by atoms with Gasteiger partial charge in [0.2, 0.25) is 0 Å². The van der Waals surface area contributed by atoms with E-state index in [-0.39, 0.29) is 0 Å². The van der Waals surface area contributed by atoms with Crippen LogP contribution in [-0.2, 0) is 12.8 Å². The van der Waals surface area contributed by atoms with E-state index in [9.17, 15) is 9.59 Å². The summed E-state index contributed by atoms with van der Waals surface area (Å²) >= 11 is 0. The lowest BCUT2D eigenvalue weighted by Gasteiger charge is -2.07. The molecule has 0 saturated carbocycles. The Hall–Kier alpha value is -2.76. The van der Waals surface area contributed by atoms with E-state index < -0.39 is 11.8 Å². The number of amides is 2. The number of rotatable bonds is 7. The molecule has 0 aromatic carbocycles. The van der Waals surface area contributed by atoms with Gasteiger partial charge in [-0.05, 0) is 49.9 Å². The summed E-state index contributed by atoms with van der Waals surface area (Å²) in [5, 5.41) is 0. The summed E-state index contributed by atoms with van der Waals surface area (Å²) < 4.78 is 0. The SMILES string of the molecule is NC(=O)c1cccnc1CCCCc1ncccc1C(N)=O. The second-order valence-corrected chi connectivity index (χ2v) is 4.93. The number of carbonyl (C=O) groups excluding carboxylic acids is 2. The molecule has 2 aromatic rings. The van der Waals surface area contributed by atoms with Gasteiger partial charge in [0.1, 0.15) is 0 Å². The molecule has 22 heavy (non-hydrogen) atoms. The third kappa shape index (κ3) is 3.88. The van der Waals surface area contributed by atoms with Gasteiger partial charge in [0.25, 0.3) is 11.8 Å². The first kappa shape index (κ1) is 15.6. The summed E-state index contributed by atoms with van der Waals surface area (Å²) in [4.78, 5) is 31.0. The highest BCUT2D eigenvalue weighted by Gasteiger charge is 2.10. The minimum atomic E-state index is -0.469. The number of hydrogen-bond donors (Lipinski definition) is 2. The van der Waals surface area contributed by atoms with Crippen molar-refractivity contribution in [3.63, 3.8) is 0 Å². The molecule has 4 N–H and O–H groups in total. The summed E-state index contributed by atoms with van der Waals surface area (Å²) in [6.07, 6.45) is 6.21. The first-order valence-electron chi connectivity index (χ1n) is 7.07. The highest BCUT2D eigenvalue weighted by Crippen LogP contribution is 2.12. The molecule has 0 radical (unpaired) electrons. The summed E-state index contributed by atoms with van der Waals surface area (Å²) in [7, 11) is 0. The second kappa shape index (κ2) is 7.31. The molecule has 2 amide bonds. The van der Waals surface area contributed by atoms with Crippen LogP contribution in [0.3, 0.4) is 0 Å². The van der Waals surface area contributed by atoms with Crippen molar-refractivity contribution in [3.05, 3.63) is 59.2 Å². The molecule has 0 saturated heterocycles. The minimum Gasteiger partial charge on any atom is -0.366 e. The summed E-state index contributed by atoms with van der Waals surface area (Å²) in [6, 6.07) is 6.73. The monoisotopic (exact) mass is 298 g/mol. The van der Waals surface area contributed by atoms with Crippen molar-refractivity contribution in [2.24, 2.45) is 11.5 Å². The highest BCUT2D eigenvalue weighted by atomic mass is 16.1. The lowest BCUT2D eigenvalue weighted by Crippen LogP contribution is -2.15. The Bertz CT molecular complexity index is 626. The smallest absolute Gasteiger partial charge is 0.250 e. The summed E-state index contributed by atoms with van der Waals surface area (Å²) in [6.45, 7) is 0. The van der Waals surface area contributed by atoms with Crippen LogP contribution in [0.25, 0.3) is 0 Å². The molecule has 0 spiro atoms. The van der Waals surface area contributed by atoms with Crippen molar-refractivity contribution in [2.75, 3.05) is 0 Å². The Labute approximate surface area is 128 Å². The Morgan fingerprint density at radius 1 is 0.818 bits per heavy atom. The first-order valence-corrected chi connectivity index (χ1v) is 7.07. The van der Waals surface area contributed by atoms with Crippen LogP contribution in [0.2, 0.25) is 0 Å². The molecule has 0 unspecified atom stereocenters. The number of pyridine rings is 2. The zero-order valence-corrected chi connectivity index (χ0v) is 12.2. The molecule has 2 rings (SSSR count). The van der Waals surface area contributed by atoms with E-state index in [0.29, 0.717) is 35.4 Å². The predicted molar refractivity (Wildman–Crippen MR) is 82.2 cm³/mol. The van der Waals surface area contributed by atoms with Gasteiger partial charge in [0.15, 0.2) is 0 Å². The molecule has 6 nitrogen and oxygen atoms in total. The Kier molecular flexibility index (Phi) is 5.19. The molecule has 114 valence electrons. The van der Waals surface area contributed by atoms with E-state index in [1.165, 1.54) is 0 Å². The van der Waals surface area contributed by atoms with E-state index in [4.69, 9.17) is 11.5 Å². The molecule has 0 aliphatic rings. The molecular weight excluding hydrogens is 280 g/mol. The molecule has 0 aliphatic heterocycles. The Balaban J connectivity index is 1.93. The van der Waals surface area contributed by atoms with Gasteiger partial charge in [-0.25, -0.2) is 0 Å². The number of hydrogen-bond acceptors (Lipinski definition) is 4. The average Bonchev–Trinajstić information content (AvgIpc) is 2.52. The second-order valence-electron chi connectivity index (χ2n) is 4.93. The predicted octanol–water partition coefficient (Wildman–Crippen LogP) is 1.24. The number of nitrogens with zero attached hydrogens (tertiary/aromatic N) is 2. The molecular formula is C16H18N4O2. The van der Waals surface area contributed by atoms with E-state index in [0.717, 1.165) is 12.8 Å². The van der Waals surface area contributed by atoms with Crippen LogP contribution in [0, 0.1) is 0 Å². The van der Waals surface area contributed by atoms with Crippen molar-refractivity contribution < 1.29 is 9.59 Å². The van der Waals surface area contributed by atoms with Gasteiger partial charge in [0, 0.05) is 12.4 Å². The third-order valence-electron chi connectivity index (χ3n) is 3.39. The Morgan fingerprint density at radius 3 is 1.59 bits per heavy atom. The summed E-state index contributed by atoms with van der Waals surface area (Å²) in [5.41, 5.74) is 13.0. The number of unbranched alkanes of at least 4 members (excludes halogenated alkanes) is 1. The van der Waals surface area contributed by atoms with Crippen LogP contribution >= 0.6 is 0 Å². The van der Waals surface area contributed by atoms with Gasteiger partial charge < -0.3 is 11.5 Å². The number of aryl methyl sites for hydroxylation is 2. The molecule has 0 atom stereocenters. The van der Waals surface area contributed by atoms with Crippen LogP contribution in [-0.4, -0.2) is 21.8 Å². The van der Waals surface area contributed by atoms with Gasteiger partial charge >= 0.3 is 0 Å². The number of nitrogens with two attached hydrogens (primary N) is 2. The topological polar surface area (TPSA) is 112 Å². The van der Waals surface area contributed by atoms with Crippen molar-refractivity contribution >= 4 is 11.8 Å². The van der Waals surface area contributed by atoms with Crippen LogP contribution in [0.4, 0.5) is 0 Å². The maximum absolute atomic E-state index is 11.3. The number of primary amides is 2. The van der Waals surface area contributed by atoms with Gasteiger partial charge in [-0.2, -0.15) is 0 Å². The molecule has 0 bridgehead atoms. The van der Waals surface area contributed by atoms with Crippen LogP contribution in [0.15, 0.2) is 36.7 Å². The summed E-state index contributed by atoms with van der Waals surface area (Å²) in [5.74, 6) is -0.937. The maximum atomic E-state index is 11.3. The fraction of sp³-hybridized carbons (Fsp3) is 0.250. The van der Waals surface area contributed by atoms with Gasteiger partial charge in [-0.15, -0.1) is 0 Å². The fourth-order valence-electron chi connectivity index (χ4n) is 2.31. The molecule has 6 heteroatoms. The van der Waals surface area contributed by atoms with Crippen LogP contribution in [0.1, 0.15) is 44.9 Å². The normalized spacial score (nSPS) is 10.4. The van der Waals surface area contributed by atoms with Crippen molar-refractivity contribution in [1.82, 2.24) is 9.97 Å². The fourth-order valence-corrected chi connectivity index (χ4v) is 2.31. The zero-order chi connectivity index (χ0) is 15.9. The van der Waals surface area contributed by atoms with Crippen molar-refractivity contribution in [3.8, 4) is 0 Å². The van der Waals surface area contributed by atoms with E-state index in [1.54, 1.807) is 36.7 Å². The molecule has 0 fully saturated rings. The van der Waals surface area contributed by atoms with Gasteiger partial charge in [-0.3, -0.25) is 19.6 Å². The van der Waals surface area contributed by atoms with Crippen molar-refractivity contribution in [1.29, 1.82) is 0 Å². The third-order valence-corrected chi connectivity index (χ3v) is 3.39. The lowest BCUT2D eigenvalue weighted by atomic mass is 10.0. The quantitative estimate of drug-likeness (QED) is 0.749. The lowest BCUT2D eigenvalue weighted by molar-refractivity contribution is 0.0990. The number of carbonyl (C=O) groups is 2. The van der Waals surface area contributed by atoms with Crippen molar-refractivity contribution in [2.45, 2.75) is 25.7 Å². The van der Waals surface area contributed by atoms with Gasteiger partial charge in [0.05, 0.1) is 22.5 Å². The van der Waals surface area contributed by atoms with Crippen LogP contribution < -0.4 is 11.5 Å². The average molecular weight is 298 g/mol. The first-order chi connectivity index (χ1) is 10.6. The van der Waals surface area contributed by atoms with E-state index in [2.05, 4.69) is 9.97 Å². The molecule has 0 aliphatic carbocycles. The maximum Gasteiger partial charge on any atom is 0.250 e. The highest BCUT2D eigenvalue weighted by molar-refractivity contribution is 5.94. The largest absolute Gasteiger partial charge is 0.366 e. The van der Waals surface area contributed by atoms with E-state index >= 15 is 0 Å². The zero-order valence-electron chi connectivity index (χ0n) is 12.2. The minimum absolute atomic E-state index is 0.457. The standard InChI is InChI=1S/C16H18N4O2/c17-15(21)11-5-3-9-19-13(11)7-1-2-8-14-12(16(18)22)6-4-10-20-14/h3-6,9-10H,1-2,7-8H2,(H2,17,21)(H2,18,22). The van der Waals surface area contributed by atoms with E-state index in [1.807, 2.05) is 0 Å². The molecule has 2 aromatic heterocycles.